The molecule has 1 aliphatic heterocycles. The van der Waals surface area contributed by atoms with Crippen LogP contribution in [0.1, 0.15) is 36.8 Å². The predicted octanol–water partition coefficient (Wildman–Crippen LogP) is 4.57. The first-order valence-electron chi connectivity index (χ1n) is 11.1. The molecule has 2 heterocycles. The number of hydrogen-bond donors (Lipinski definition) is 2. The minimum atomic E-state index is -0.993. The summed E-state index contributed by atoms with van der Waals surface area (Å²) in [5, 5.41) is 20.1. The van der Waals surface area contributed by atoms with E-state index in [-0.39, 0.29) is 17.8 Å². The molecule has 1 amide bonds. The van der Waals surface area contributed by atoms with Gasteiger partial charge in [-0.2, -0.15) is 0 Å². The van der Waals surface area contributed by atoms with Crippen molar-refractivity contribution in [2.45, 2.75) is 26.3 Å². The molecule has 1 atom stereocenters. The van der Waals surface area contributed by atoms with E-state index < -0.39 is 23.7 Å². The van der Waals surface area contributed by atoms with Crippen LogP contribution in [0.3, 0.4) is 0 Å². The largest absolute Gasteiger partial charge is 0.507 e. The van der Waals surface area contributed by atoms with Crippen molar-refractivity contribution in [1.82, 2.24) is 0 Å². The van der Waals surface area contributed by atoms with E-state index in [9.17, 15) is 19.5 Å². The Morgan fingerprint density at radius 2 is 1.71 bits per heavy atom. The third kappa shape index (κ3) is 4.96. The molecule has 0 saturated carbocycles. The maximum Gasteiger partial charge on any atom is 0.307 e. The van der Waals surface area contributed by atoms with Crippen molar-refractivity contribution < 1.29 is 33.8 Å². The predicted molar refractivity (Wildman–Crippen MR) is 128 cm³/mol. The molecule has 35 heavy (non-hydrogen) atoms. The molecule has 1 fully saturated rings. The van der Waals surface area contributed by atoms with Crippen LogP contribution in [0, 0.1) is 5.92 Å². The number of nitrogens with zero attached hydrogens (tertiary/aromatic N) is 1. The number of Topliss-reactive ketones (excluding diaryl/α,β-unsaturated/α-hetero) is 1. The zero-order chi connectivity index (χ0) is 25.1. The van der Waals surface area contributed by atoms with Crippen molar-refractivity contribution in [2.24, 2.45) is 5.92 Å². The number of carboxylic acid groups (broad SMARTS) is 1. The normalized spacial score (nSPS) is 17.2. The Hall–Kier alpha value is -4.33. The number of aliphatic hydroxyl groups excluding tert-OH is 1. The highest BCUT2D eigenvalue weighted by Gasteiger charge is 2.48. The lowest BCUT2D eigenvalue weighted by molar-refractivity contribution is -0.136. The Morgan fingerprint density at radius 1 is 1.03 bits per heavy atom. The van der Waals surface area contributed by atoms with Gasteiger partial charge in [-0.05, 0) is 60.0 Å². The topological polar surface area (TPSA) is 117 Å². The Labute approximate surface area is 202 Å². The molecule has 1 aromatic heterocycles. The Balaban J connectivity index is 1.74. The minimum Gasteiger partial charge on any atom is -0.507 e. The summed E-state index contributed by atoms with van der Waals surface area (Å²) in [5.41, 5.74) is 1.18. The average molecular weight is 475 g/mol. The number of hydrogen-bond acceptors (Lipinski definition) is 6. The standard InChI is InChI=1S/C27H25NO7/c1-16(2)15-35-20-11-7-18(8-12-20)25(31)23-24(21-4-3-13-34-21)28(27(33)26(23)32)19-9-5-17(6-10-19)14-22(29)30/h3-13,16,24,31H,14-15H2,1-2H3,(H,29,30)/b25-23-. The van der Waals surface area contributed by atoms with E-state index in [0.717, 1.165) is 0 Å². The van der Waals surface area contributed by atoms with Gasteiger partial charge >= 0.3 is 5.97 Å². The lowest BCUT2D eigenvalue weighted by Gasteiger charge is -2.23. The van der Waals surface area contributed by atoms with E-state index in [0.29, 0.717) is 40.8 Å². The second-order valence-electron chi connectivity index (χ2n) is 8.65. The fourth-order valence-electron chi connectivity index (χ4n) is 3.89. The first kappa shape index (κ1) is 23.8. The highest BCUT2D eigenvalue weighted by atomic mass is 16.5. The molecular weight excluding hydrogens is 450 g/mol. The molecule has 1 aliphatic rings. The summed E-state index contributed by atoms with van der Waals surface area (Å²) in [6.07, 6.45) is 1.25. The maximum atomic E-state index is 13.1. The molecule has 3 aromatic rings. The fraction of sp³-hybridized carbons (Fsp3) is 0.222. The van der Waals surface area contributed by atoms with Crippen LogP contribution >= 0.6 is 0 Å². The summed E-state index contributed by atoms with van der Waals surface area (Å²) in [4.78, 5) is 38.4. The van der Waals surface area contributed by atoms with Crippen LogP contribution in [0.15, 0.2) is 76.9 Å². The number of amides is 1. The van der Waals surface area contributed by atoms with Gasteiger partial charge in [-0.3, -0.25) is 19.3 Å². The number of carbonyl (C=O) groups excluding carboxylic acids is 2. The smallest absolute Gasteiger partial charge is 0.307 e. The van der Waals surface area contributed by atoms with Gasteiger partial charge in [0.15, 0.2) is 0 Å². The lowest BCUT2D eigenvalue weighted by atomic mass is 9.99. The van der Waals surface area contributed by atoms with Gasteiger partial charge in [0.1, 0.15) is 23.3 Å². The molecule has 1 saturated heterocycles. The van der Waals surface area contributed by atoms with Crippen LogP contribution in [-0.4, -0.2) is 34.5 Å². The van der Waals surface area contributed by atoms with Crippen molar-refractivity contribution in [2.75, 3.05) is 11.5 Å². The number of aliphatic hydroxyl groups is 1. The van der Waals surface area contributed by atoms with E-state index >= 15 is 0 Å². The number of furan rings is 1. The zero-order valence-electron chi connectivity index (χ0n) is 19.3. The lowest BCUT2D eigenvalue weighted by Crippen LogP contribution is -2.29. The molecule has 2 N–H and O–H groups in total. The molecule has 0 spiro atoms. The van der Waals surface area contributed by atoms with Crippen molar-refractivity contribution in [3.05, 3.63) is 89.4 Å². The molecule has 1 unspecified atom stereocenters. The summed E-state index contributed by atoms with van der Waals surface area (Å²) in [7, 11) is 0. The van der Waals surface area contributed by atoms with E-state index in [1.807, 2.05) is 13.8 Å². The summed E-state index contributed by atoms with van der Waals surface area (Å²) in [5.74, 6) is -1.70. The highest BCUT2D eigenvalue weighted by Crippen LogP contribution is 2.42. The molecule has 0 bridgehead atoms. The van der Waals surface area contributed by atoms with Crippen LogP contribution in [0.5, 0.6) is 5.75 Å². The second-order valence-corrected chi connectivity index (χ2v) is 8.65. The van der Waals surface area contributed by atoms with E-state index in [4.69, 9.17) is 14.3 Å². The number of ether oxygens (including phenoxy) is 1. The van der Waals surface area contributed by atoms with E-state index in [2.05, 4.69) is 0 Å². The SMILES string of the molecule is CC(C)COc1ccc(/C(O)=C2/C(=O)C(=O)N(c3ccc(CC(=O)O)cc3)C2c2ccco2)cc1. The monoisotopic (exact) mass is 475 g/mol. The number of ketones is 1. The van der Waals surface area contributed by atoms with Crippen LogP contribution in [0.4, 0.5) is 5.69 Å². The highest BCUT2D eigenvalue weighted by molar-refractivity contribution is 6.51. The molecular formula is C27H25NO7. The van der Waals surface area contributed by atoms with Gasteiger partial charge < -0.3 is 19.4 Å². The first-order valence-corrected chi connectivity index (χ1v) is 11.1. The number of benzene rings is 2. The number of anilines is 1. The third-order valence-corrected chi connectivity index (χ3v) is 5.54. The Kier molecular flexibility index (Phi) is 6.73. The molecule has 8 nitrogen and oxygen atoms in total. The summed E-state index contributed by atoms with van der Waals surface area (Å²) >= 11 is 0. The number of carboxylic acids is 1. The molecule has 0 aliphatic carbocycles. The van der Waals surface area contributed by atoms with Gasteiger partial charge in [-0.25, -0.2) is 0 Å². The molecule has 0 radical (unpaired) electrons. The van der Waals surface area contributed by atoms with Crippen LogP contribution < -0.4 is 9.64 Å². The van der Waals surface area contributed by atoms with Crippen molar-refractivity contribution in [3.8, 4) is 5.75 Å². The van der Waals surface area contributed by atoms with E-state index in [1.165, 1.54) is 11.2 Å². The number of aliphatic carboxylic acids is 1. The van der Waals surface area contributed by atoms with E-state index in [1.54, 1.807) is 60.7 Å². The van der Waals surface area contributed by atoms with Gasteiger partial charge in [0, 0.05) is 11.3 Å². The second kappa shape index (κ2) is 9.89. The molecule has 8 heteroatoms. The Bertz CT molecular complexity index is 1260. The van der Waals surface area contributed by atoms with Gasteiger partial charge in [-0.15, -0.1) is 0 Å². The van der Waals surface area contributed by atoms with Gasteiger partial charge in [0.05, 0.1) is 24.9 Å². The van der Waals surface area contributed by atoms with Crippen LogP contribution in [0.25, 0.3) is 5.76 Å². The molecule has 2 aromatic carbocycles. The minimum absolute atomic E-state index is 0.101. The summed E-state index contributed by atoms with van der Waals surface area (Å²) in [6, 6.07) is 15.2. The fourth-order valence-corrected chi connectivity index (χ4v) is 3.89. The maximum absolute atomic E-state index is 13.1. The number of rotatable bonds is 8. The number of carbonyl (C=O) groups is 3. The quantitative estimate of drug-likeness (QED) is 0.278. The Morgan fingerprint density at radius 3 is 2.29 bits per heavy atom. The van der Waals surface area contributed by atoms with Crippen molar-refractivity contribution >= 4 is 29.1 Å². The average Bonchev–Trinajstić information content (AvgIpc) is 3.45. The van der Waals surface area contributed by atoms with Crippen molar-refractivity contribution in [3.63, 3.8) is 0 Å². The van der Waals surface area contributed by atoms with Crippen molar-refractivity contribution in [1.29, 1.82) is 0 Å². The van der Waals surface area contributed by atoms with Gasteiger partial charge in [-0.1, -0.05) is 26.0 Å². The van der Waals surface area contributed by atoms with Crippen LogP contribution in [0.2, 0.25) is 0 Å². The zero-order valence-corrected chi connectivity index (χ0v) is 19.3. The van der Waals surface area contributed by atoms with Gasteiger partial charge in [0.2, 0.25) is 0 Å². The third-order valence-electron chi connectivity index (χ3n) is 5.54. The van der Waals surface area contributed by atoms with Crippen LogP contribution in [-0.2, 0) is 20.8 Å². The summed E-state index contributed by atoms with van der Waals surface area (Å²) < 4.78 is 11.2. The molecule has 180 valence electrons. The first-order chi connectivity index (χ1) is 16.8. The molecule has 4 rings (SSSR count). The summed E-state index contributed by atoms with van der Waals surface area (Å²) in [6.45, 7) is 4.61. The van der Waals surface area contributed by atoms with Gasteiger partial charge in [0.25, 0.3) is 11.7 Å².